The smallest absolute Gasteiger partial charge is 0.264 e. The second kappa shape index (κ2) is 14.1. The van der Waals surface area contributed by atoms with Gasteiger partial charge in [0, 0.05) is 18.1 Å². The summed E-state index contributed by atoms with van der Waals surface area (Å²) >= 11 is 18.3. The van der Waals surface area contributed by atoms with Gasteiger partial charge >= 0.3 is 0 Å². The lowest BCUT2D eigenvalue weighted by molar-refractivity contribution is -0.140. The van der Waals surface area contributed by atoms with Crippen molar-refractivity contribution in [1.29, 1.82) is 0 Å². The molecule has 3 rings (SSSR count). The van der Waals surface area contributed by atoms with Gasteiger partial charge in [-0.15, -0.1) is 0 Å². The summed E-state index contributed by atoms with van der Waals surface area (Å²) in [5.74, 6) is -0.459. The Kier molecular flexibility index (Phi) is 11.1. The molecule has 8 nitrogen and oxygen atoms in total. The van der Waals surface area contributed by atoms with Crippen LogP contribution in [0.1, 0.15) is 25.8 Å². The topological polar surface area (TPSA) is 96.0 Å². The first kappa shape index (κ1) is 31.5. The van der Waals surface area contributed by atoms with Crippen molar-refractivity contribution in [2.24, 2.45) is 0 Å². The molecule has 0 radical (unpaired) electrons. The van der Waals surface area contributed by atoms with Crippen molar-refractivity contribution >= 4 is 62.3 Å². The predicted octanol–water partition coefficient (Wildman–Crippen LogP) is 5.79. The number of carbonyl (C=O) groups excluding carboxylic acids is 2. The Hall–Kier alpha value is -2.98. The number of likely N-dealkylation sites (N-methyl/N-ethyl adjacent to an activating group) is 1. The molecule has 0 aliphatic heterocycles. The van der Waals surface area contributed by atoms with Crippen molar-refractivity contribution in [1.82, 2.24) is 10.2 Å². The number of amides is 2. The van der Waals surface area contributed by atoms with Gasteiger partial charge in [0.2, 0.25) is 11.8 Å². The van der Waals surface area contributed by atoms with Crippen LogP contribution < -0.4 is 14.4 Å². The van der Waals surface area contributed by atoms with Crippen LogP contribution in [-0.2, 0) is 26.2 Å². The molecule has 40 heavy (non-hydrogen) atoms. The SMILES string of the molecule is CCNC(=O)[C@@H](CC)N(Cc1ccc(Cl)c(Cl)c1)C(=O)CN(c1ccc(Cl)cc1)S(=O)(=O)c1ccc(OC)cc1. The van der Waals surface area contributed by atoms with E-state index in [1.165, 1.54) is 60.5 Å². The first-order valence-electron chi connectivity index (χ1n) is 12.4. The molecule has 2 amide bonds. The van der Waals surface area contributed by atoms with Gasteiger partial charge in [0.05, 0.1) is 27.7 Å². The number of hydrogen-bond donors (Lipinski definition) is 1. The van der Waals surface area contributed by atoms with Gasteiger partial charge in [-0.2, -0.15) is 0 Å². The first-order chi connectivity index (χ1) is 19.0. The number of benzene rings is 3. The maximum atomic E-state index is 14.0. The third-order valence-electron chi connectivity index (χ3n) is 6.11. The molecule has 0 saturated carbocycles. The molecular formula is C28H30Cl3N3O5S. The van der Waals surface area contributed by atoms with Gasteiger partial charge in [0.25, 0.3) is 10.0 Å². The third kappa shape index (κ3) is 7.60. The number of halogens is 3. The van der Waals surface area contributed by atoms with E-state index in [1.807, 2.05) is 0 Å². The van der Waals surface area contributed by atoms with Gasteiger partial charge < -0.3 is 15.0 Å². The van der Waals surface area contributed by atoms with Crippen molar-refractivity contribution in [2.75, 3.05) is 24.5 Å². The van der Waals surface area contributed by atoms with Crippen molar-refractivity contribution < 1.29 is 22.7 Å². The molecule has 214 valence electrons. The minimum absolute atomic E-state index is 0.00239. The number of carbonyl (C=O) groups is 2. The molecule has 0 fully saturated rings. The van der Waals surface area contributed by atoms with Crippen LogP contribution in [0.25, 0.3) is 0 Å². The van der Waals surface area contributed by atoms with Crippen LogP contribution in [0.2, 0.25) is 15.1 Å². The summed E-state index contributed by atoms with van der Waals surface area (Å²) in [6.07, 6.45) is 0.297. The Morgan fingerprint density at radius 1 is 0.925 bits per heavy atom. The summed E-state index contributed by atoms with van der Waals surface area (Å²) < 4.78 is 33.9. The molecule has 0 saturated heterocycles. The van der Waals surface area contributed by atoms with Crippen molar-refractivity contribution in [2.45, 2.75) is 37.8 Å². The number of hydrogen-bond acceptors (Lipinski definition) is 5. The van der Waals surface area contributed by atoms with Crippen LogP contribution >= 0.6 is 34.8 Å². The van der Waals surface area contributed by atoms with E-state index in [0.717, 1.165) is 4.31 Å². The van der Waals surface area contributed by atoms with E-state index < -0.39 is 28.5 Å². The number of nitrogens with zero attached hydrogens (tertiary/aromatic N) is 2. The average Bonchev–Trinajstić information content (AvgIpc) is 2.94. The standard InChI is InChI=1S/C28H30Cl3N3O5S/c1-4-26(28(36)32-5-2)33(17-19-6-15-24(30)25(31)16-19)27(35)18-34(21-9-7-20(29)8-10-21)40(37,38)23-13-11-22(39-3)12-14-23/h6-16,26H,4-5,17-18H2,1-3H3,(H,32,36)/t26-/m1/s1. The van der Waals surface area contributed by atoms with Crippen molar-refractivity contribution in [3.63, 3.8) is 0 Å². The highest BCUT2D eigenvalue weighted by Gasteiger charge is 2.33. The van der Waals surface area contributed by atoms with Crippen LogP contribution in [0.4, 0.5) is 5.69 Å². The normalized spacial score (nSPS) is 11.9. The second-order valence-electron chi connectivity index (χ2n) is 8.75. The van der Waals surface area contributed by atoms with E-state index in [9.17, 15) is 18.0 Å². The molecule has 3 aromatic rings. The zero-order valence-corrected chi connectivity index (χ0v) is 25.3. The molecule has 0 aliphatic rings. The Labute approximate surface area is 249 Å². The van der Waals surface area contributed by atoms with Gasteiger partial charge in [0.1, 0.15) is 18.3 Å². The minimum Gasteiger partial charge on any atom is -0.497 e. The molecule has 0 aliphatic carbocycles. The summed E-state index contributed by atoms with van der Waals surface area (Å²) in [7, 11) is -2.74. The molecule has 1 N–H and O–H groups in total. The Morgan fingerprint density at radius 2 is 1.57 bits per heavy atom. The predicted molar refractivity (Wildman–Crippen MR) is 159 cm³/mol. The molecule has 12 heteroatoms. The van der Waals surface area contributed by atoms with Gasteiger partial charge in [-0.25, -0.2) is 8.42 Å². The van der Waals surface area contributed by atoms with Gasteiger partial charge in [-0.1, -0.05) is 47.8 Å². The Morgan fingerprint density at radius 3 is 2.12 bits per heavy atom. The number of sulfonamides is 1. The fraction of sp³-hybridized carbons (Fsp3) is 0.286. The first-order valence-corrected chi connectivity index (χ1v) is 15.0. The summed E-state index contributed by atoms with van der Waals surface area (Å²) in [6, 6.07) is 16.0. The van der Waals surface area contributed by atoms with E-state index in [1.54, 1.807) is 32.0 Å². The maximum absolute atomic E-state index is 14.0. The average molecular weight is 627 g/mol. The van der Waals surface area contributed by atoms with Gasteiger partial charge in [-0.05, 0) is 79.6 Å². The Balaban J connectivity index is 2.06. The molecule has 0 aromatic heterocycles. The van der Waals surface area contributed by atoms with Crippen LogP contribution in [-0.4, -0.2) is 51.4 Å². The molecule has 3 aromatic carbocycles. The fourth-order valence-electron chi connectivity index (χ4n) is 4.06. The van der Waals surface area contributed by atoms with Gasteiger partial charge in [0.15, 0.2) is 0 Å². The van der Waals surface area contributed by atoms with Crippen LogP contribution in [0.15, 0.2) is 71.6 Å². The highest BCUT2D eigenvalue weighted by molar-refractivity contribution is 7.92. The summed E-state index contributed by atoms with van der Waals surface area (Å²) in [4.78, 5) is 28.3. The maximum Gasteiger partial charge on any atom is 0.264 e. The molecule has 0 spiro atoms. The second-order valence-corrected chi connectivity index (χ2v) is 11.9. The van der Waals surface area contributed by atoms with E-state index in [4.69, 9.17) is 39.5 Å². The third-order valence-corrected chi connectivity index (χ3v) is 8.89. The van der Waals surface area contributed by atoms with E-state index in [-0.39, 0.29) is 23.0 Å². The van der Waals surface area contributed by atoms with E-state index in [0.29, 0.717) is 39.3 Å². The molecule has 1 atom stereocenters. The lowest BCUT2D eigenvalue weighted by atomic mass is 10.1. The van der Waals surface area contributed by atoms with Crippen LogP contribution in [0, 0.1) is 0 Å². The monoisotopic (exact) mass is 625 g/mol. The van der Waals surface area contributed by atoms with Crippen molar-refractivity contribution in [3.05, 3.63) is 87.4 Å². The molecule has 0 heterocycles. The number of anilines is 1. The number of methoxy groups -OCH3 is 1. The molecular weight excluding hydrogens is 597 g/mol. The highest BCUT2D eigenvalue weighted by atomic mass is 35.5. The van der Waals surface area contributed by atoms with E-state index in [2.05, 4.69) is 5.32 Å². The number of rotatable bonds is 12. The quantitative estimate of drug-likeness (QED) is 0.274. The zero-order valence-electron chi connectivity index (χ0n) is 22.2. The fourth-order valence-corrected chi connectivity index (χ4v) is 5.92. The number of ether oxygens (including phenoxy) is 1. The summed E-state index contributed by atoms with van der Waals surface area (Å²) in [5, 5.41) is 3.80. The van der Waals surface area contributed by atoms with Crippen LogP contribution in [0.5, 0.6) is 5.75 Å². The zero-order chi connectivity index (χ0) is 29.4. The Bertz CT molecular complexity index is 1430. The van der Waals surface area contributed by atoms with Gasteiger partial charge in [-0.3, -0.25) is 13.9 Å². The lowest BCUT2D eigenvalue weighted by Crippen LogP contribution is -2.52. The lowest BCUT2D eigenvalue weighted by Gasteiger charge is -2.33. The summed E-state index contributed by atoms with van der Waals surface area (Å²) in [5.41, 5.74) is 0.857. The van der Waals surface area contributed by atoms with E-state index >= 15 is 0 Å². The highest BCUT2D eigenvalue weighted by Crippen LogP contribution is 2.28. The minimum atomic E-state index is -4.22. The molecule has 0 bridgehead atoms. The summed E-state index contributed by atoms with van der Waals surface area (Å²) in [6.45, 7) is 3.35. The number of nitrogens with one attached hydrogen (secondary N) is 1. The largest absolute Gasteiger partial charge is 0.497 e. The molecule has 0 unspecified atom stereocenters. The van der Waals surface area contributed by atoms with Crippen molar-refractivity contribution in [3.8, 4) is 5.75 Å². The van der Waals surface area contributed by atoms with Crippen LogP contribution in [0.3, 0.4) is 0 Å².